The summed E-state index contributed by atoms with van der Waals surface area (Å²) in [5.74, 6) is 0.864. The van der Waals surface area contributed by atoms with Gasteiger partial charge in [0.15, 0.2) is 0 Å². The van der Waals surface area contributed by atoms with Gasteiger partial charge in [-0.25, -0.2) is 0 Å². The minimum Gasteiger partial charge on any atom is -0.380 e. The smallest absolute Gasteiger partial charge is 0.0591 e. The normalized spacial score (nSPS) is 14.4. The zero-order valence-corrected chi connectivity index (χ0v) is 12.2. The van der Waals surface area contributed by atoms with E-state index in [1.54, 1.807) is 0 Å². The van der Waals surface area contributed by atoms with Crippen LogP contribution in [0.5, 0.6) is 0 Å². The molecule has 1 fully saturated rings. The van der Waals surface area contributed by atoms with E-state index in [1.165, 1.54) is 22.9 Å². The molecule has 96 valence electrons. The molecule has 0 heterocycles. The fraction of sp³-hybridized carbons (Fsp3) is 0.538. The summed E-state index contributed by atoms with van der Waals surface area (Å²) in [5, 5.41) is 3.38. The lowest BCUT2D eigenvalue weighted by molar-refractivity contribution is 0.126. The van der Waals surface area contributed by atoms with Gasteiger partial charge in [-0.1, -0.05) is 34.1 Å². The monoisotopic (exact) mass is 319 g/mol. The Labute approximate surface area is 118 Å². The molecule has 1 N–H and O–H groups in total. The van der Waals surface area contributed by atoms with Crippen LogP contribution in [0.3, 0.4) is 0 Å². The zero-order chi connectivity index (χ0) is 11.2. The van der Waals surface area contributed by atoms with Gasteiger partial charge in [0.1, 0.15) is 0 Å². The van der Waals surface area contributed by atoms with E-state index in [0.717, 1.165) is 32.2 Å². The summed E-state index contributed by atoms with van der Waals surface area (Å²) in [6, 6.07) is 8.29. The molecule has 1 aliphatic rings. The summed E-state index contributed by atoms with van der Waals surface area (Å²) in [5.41, 5.74) is 1.30. The molecule has 2 rings (SSSR count). The van der Waals surface area contributed by atoms with Crippen molar-refractivity contribution < 1.29 is 4.74 Å². The van der Waals surface area contributed by atoms with Crippen LogP contribution >= 0.6 is 28.3 Å². The third-order valence-corrected chi connectivity index (χ3v) is 3.52. The number of halogens is 2. The highest BCUT2D eigenvalue weighted by molar-refractivity contribution is 9.10. The Morgan fingerprint density at radius 1 is 1.29 bits per heavy atom. The first-order valence-corrected chi connectivity index (χ1v) is 6.67. The van der Waals surface area contributed by atoms with E-state index in [0.29, 0.717) is 0 Å². The van der Waals surface area contributed by atoms with Gasteiger partial charge in [-0.2, -0.15) is 0 Å². The maximum absolute atomic E-state index is 5.55. The van der Waals surface area contributed by atoms with Crippen LogP contribution < -0.4 is 5.32 Å². The van der Waals surface area contributed by atoms with Crippen LogP contribution in [0.15, 0.2) is 28.7 Å². The highest BCUT2D eigenvalue weighted by Crippen LogP contribution is 2.28. The first kappa shape index (κ1) is 15.0. The first-order chi connectivity index (χ1) is 7.86. The van der Waals surface area contributed by atoms with E-state index < -0.39 is 0 Å². The van der Waals surface area contributed by atoms with Gasteiger partial charge in [-0.3, -0.25) is 0 Å². The van der Waals surface area contributed by atoms with Gasteiger partial charge in [0.05, 0.1) is 6.61 Å². The molecule has 4 heteroatoms. The van der Waals surface area contributed by atoms with Crippen LogP contribution in [0, 0.1) is 5.92 Å². The number of nitrogens with one attached hydrogen (secondary N) is 1. The Morgan fingerprint density at radius 3 is 2.76 bits per heavy atom. The van der Waals surface area contributed by atoms with Crippen molar-refractivity contribution in [1.29, 1.82) is 0 Å². The Kier molecular flexibility index (Phi) is 7.12. The Balaban J connectivity index is 0.00000144. The van der Waals surface area contributed by atoms with Crippen molar-refractivity contribution in [3.05, 3.63) is 34.3 Å². The maximum Gasteiger partial charge on any atom is 0.0591 e. The SMILES string of the molecule is Brc1ccccc1CNCCOCC1CC1.Cl. The topological polar surface area (TPSA) is 21.3 Å². The molecule has 0 aliphatic heterocycles. The molecule has 0 aromatic heterocycles. The van der Waals surface area contributed by atoms with Gasteiger partial charge in [-0.15, -0.1) is 12.4 Å². The molecular weight excluding hydrogens is 302 g/mol. The molecule has 17 heavy (non-hydrogen) atoms. The molecule has 1 saturated carbocycles. The molecule has 1 aromatic rings. The van der Waals surface area contributed by atoms with E-state index >= 15 is 0 Å². The lowest BCUT2D eigenvalue weighted by Gasteiger charge is -2.07. The fourth-order valence-electron chi connectivity index (χ4n) is 1.54. The number of hydrogen-bond donors (Lipinski definition) is 1. The van der Waals surface area contributed by atoms with Gasteiger partial charge in [-0.05, 0) is 30.4 Å². The Morgan fingerprint density at radius 2 is 2.06 bits per heavy atom. The summed E-state index contributed by atoms with van der Waals surface area (Å²) in [6.07, 6.45) is 2.73. The molecule has 0 radical (unpaired) electrons. The second-order valence-electron chi connectivity index (χ2n) is 4.29. The molecular formula is C13H19BrClNO. The van der Waals surface area contributed by atoms with Crippen molar-refractivity contribution in [2.75, 3.05) is 19.8 Å². The predicted molar refractivity (Wildman–Crippen MR) is 76.6 cm³/mol. The van der Waals surface area contributed by atoms with Crippen molar-refractivity contribution in [2.24, 2.45) is 5.92 Å². The van der Waals surface area contributed by atoms with E-state index in [2.05, 4.69) is 39.4 Å². The largest absolute Gasteiger partial charge is 0.380 e. The zero-order valence-electron chi connectivity index (χ0n) is 9.82. The third-order valence-electron chi connectivity index (χ3n) is 2.75. The van der Waals surface area contributed by atoms with Crippen molar-refractivity contribution in [3.63, 3.8) is 0 Å². The number of hydrogen-bond acceptors (Lipinski definition) is 2. The maximum atomic E-state index is 5.55. The van der Waals surface area contributed by atoms with Crippen LogP contribution in [-0.2, 0) is 11.3 Å². The van der Waals surface area contributed by atoms with E-state index in [1.807, 2.05) is 6.07 Å². The summed E-state index contributed by atoms with van der Waals surface area (Å²) in [6.45, 7) is 3.60. The van der Waals surface area contributed by atoms with E-state index in [9.17, 15) is 0 Å². The summed E-state index contributed by atoms with van der Waals surface area (Å²) in [4.78, 5) is 0. The average molecular weight is 321 g/mol. The van der Waals surface area contributed by atoms with Crippen LogP contribution in [0.1, 0.15) is 18.4 Å². The third kappa shape index (κ3) is 5.87. The highest BCUT2D eigenvalue weighted by Gasteiger charge is 2.20. The van der Waals surface area contributed by atoms with Crippen LogP contribution in [0.2, 0.25) is 0 Å². The lowest BCUT2D eigenvalue weighted by atomic mass is 10.2. The van der Waals surface area contributed by atoms with Gasteiger partial charge in [0, 0.05) is 24.2 Å². The van der Waals surface area contributed by atoms with E-state index in [4.69, 9.17) is 4.74 Å². The summed E-state index contributed by atoms with van der Waals surface area (Å²) >= 11 is 3.54. The van der Waals surface area contributed by atoms with Gasteiger partial charge in [0.25, 0.3) is 0 Å². The molecule has 1 aromatic carbocycles. The second-order valence-corrected chi connectivity index (χ2v) is 5.14. The highest BCUT2D eigenvalue weighted by atomic mass is 79.9. The molecule has 0 bridgehead atoms. The quantitative estimate of drug-likeness (QED) is 0.778. The van der Waals surface area contributed by atoms with Crippen LogP contribution in [-0.4, -0.2) is 19.8 Å². The van der Waals surface area contributed by atoms with Crippen molar-refractivity contribution in [1.82, 2.24) is 5.32 Å². The van der Waals surface area contributed by atoms with Crippen molar-refractivity contribution in [3.8, 4) is 0 Å². The van der Waals surface area contributed by atoms with Gasteiger partial charge in [0.2, 0.25) is 0 Å². The molecule has 0 amide bonds. The minimum absolute atomic E-state index is 0. The number of ether oxygens (including phenoxy) is 1. The van der Waals surface area contributed by atoms with Gasteiger partial charge < -0.3 is 10.1 Å². The minimum atomic E-state index is 0. The molecule has 0 spiro atoms. The standard InChI is InChI=1S/C13H18BrNO.ClH/c14-13-4-2-1-3-12(13)9-15-7-8-16-10-11-5-6-11;/h1-4,11,15H,5-10H2;1H. The molecule has 0 unspecified atom stereocenters. The van der Waals surface area contributed by atoms with Crippen LogP contribution in [0.25, 0.3) is 0 Å². The lowest BCUT2D eigenvalue weighted by Crippen LogP contribution is -2.19. The summed E-state index contributed by atoms with van der Waals surface area (Å²) in [7, 11) is 0. The van der Waals surface area contributed by atoms with Crippen molar-refractivity contribution >= 4 is 28.3 Å². The Bertz CT molecular complexity index is 331. The molecule has 2 nitrogen and oxygen atoms in total. The fourth-order valence-corrected chi connectivity index (χ4v) is 1.97. The molecule has 0 atom stereocenters. The first-order valence-electron chi connectivity index (χ1n) is 5.88. The van der Waals surface area contributed by atoms with E-state index in [-0.39, 0.29) is 12.4 Å². The second kappa shape index (κ2) is 8.09. The number of rotatable bonds is 7. The molecule has 0 saturated heterocycles. The summed E-state index contributed by atoms with van der Waals surface area (Å²) < 4.78 is 6.72. The van der Waals surface area contributed by atoms with Crippen molar-refractivity contribution in [2.45, 2.75) is 19.4 Å². The van der Waals surface area contributed by atoms with Crippen LogP contribution in [0.4, 0.5) is 0 Å². The Hall–Kier alpha value is -0.0900. The van der Waals surface area contributed by atoms with Gasteiger partial charge >= 0.3 is 0 Å². The average Bonchev–Trinajstić information content (AvgIpc) is 3.09. The number of benzene rings is 1. The molecule has 1 aliphatic carbocycles. The predicted octanol–water partition coefficient (Wildman–Crippen LogP) is 3.39.